The molecule has 2 aromatic heterocycles. The van der Waals surface area contributed by atoms with Crippen molar-refractivity contribution in [3.8, 4) is 22.2 Å². The van der Waals surface area contributed by atoms with E-state index in [0.717, 1.165) is 0 Å². The van der Waals surface area contributed by atoms with Gasteiger partial charge in [0, 0.05) is 11.1 Å². The molecular formula is C19H11F2N3O2S. The third kappa shape index (κ3) is 3.61. The summed E-state index contributed by atoms with van der Waals surface area (Å²) in [4.78, 5) is 17.2. The zero-order valence-electron chi connectivity index (χ0n) is 13.6. The third-order valence-electron chi connectivity index (χ3n) is 3.72. The van der Waals surface area contributed by atoms with Crippen LogP contribution in [-0.2, 0) is 0 Å². The van der Waals surface area contributed by atoms with E-state index in [0.29, 0.717) is 21.7 Å². The van der Waals surface area contributed by atoms with Gasteiger partial charge < -0.3 is 9.84 Å². The molecule has 8 heteroatoms. The first kappa shape index (κ1) is 17.0. The van der Waals surface area contributed by atoms with E-state index in [2.05, 4.69) is 15.5 Å². The average Bonchev–Trinajstić information content (AvgIpc) is 3.31. The van der Waals surface area contributed by atoms with Crippen LogP contribution in [0, 0.1) is 11.6 Å². The van der Waals surface area contributed by atoms with E-state index in [1.165, 1.54) is 47.7 Å². The lowest BCUT2D eigenvalue weighted by Gasteiger charge is -2.04. The highest BCUT2D eigenvalue weighted by Gasteiger charge is 2.18. The SMILES string of the molecule is O=C(Nc1ccsc1-c1nc(-c2cccc(F)c2)no1)c1ccc(F)cc1. The van der Waals surface area contributed by atoms with Crippen LogP contribution in [0.25, 0.3) is 22.2 Å². The quantitative estimate of drug-likeness (QED) is 0.539. The molecule has 2 heterocycles. The van der Waals surface area contributed by atoms with Crippen molar-refractivity contribution >= 4 is 22.9 Å². The van der Waals surface area contributed by atoms with Gasteiger partial charge in [0.2, 0.25) is 5.82 Å². The van der Waals surface area contributed by atoms with E-state index in [9.17, 15) is 13.6 Å². The number of amides is 1. The van der Waals surface area contributed by atoms with Gasteiger partial charge in [-0.2, -0.15) is 4.98 Å². The predicted molar refractivity (Wildman–Crippen MR) is 97.4 cm³/mol. The number of carbonyl (C=O) groups excluding carboxylic acids is 1. The first-order valence-electron chi connectivity index (χ1n) is 7.84. The molecule has 0 atom stereocenters. The first-order chi connectivity index (χ1) is 13.1. The second-order valence-electron chi connectivity index (χ2n) is 5.56. The number of hydrogen-bond donors (Lipinski definition) is 1. The van der Waals surface area contributed by atoms with Gasteiger partial charge in [0.25, 0.3) is 11.8 Å². The van der Waals surface area contributed by atoms with E-state index in [-0.39, 0.29) is 17.6 Å². The van der Waals surface area contributed by atoms with Crippen molar-refractivity contribution in [2.45, 2.75) is 0 Å². The summed E-state index contributed by atoms with van der Waals surface area (Å²) in [5.74, 6) is -0.757. The Morgan fingerprint density at radius 1 is 1.04 bits per heavy atom. The van der Waals surface area contributed by atoms with Crippen LogP contribution in [0.4, 0.5) is 14.5 Å². The van der Waals surface area contributed by atoms with Crippen LogP contribution in [0.1, 0.15) is 10.4 Å². The first-order valence-corrected chi connectivity index (χ1v) is 8.72. The molecule has 27 heavy (non-hydrogen) atoms. The topological polar surface area (TPSA) is 68.0 Å². The van der Waals surface area contributed by atoms with Gasteiger partial charge in [0.05, 0.1) is 5.69 Å². The lowest BCUT2D eigenvalue weighted by atomic mass is 10.2. The van der Waals surface area contributed by atoms with Gasteiger partial charge >= 0.3 is 0 Å². The van der Waals surface area contributed by atoms with Gasteiger partial charge in [-0.15, -0.1) is 11.3 Å². The summed E-state index contributed by atoms with van der Waals surface area (Å²) in [5.41, 5.74) is 1.29. The summed E-state index contributed by atoms with van der Waals surface area (Å²) in [6, 6.07) is 12.8. The molecule has 2 aromatic carbocycles. The van der Waals surface area contributed by atoms with Crippen molar-refractivity contribution in [3.05, 3.63) is 77.2 Å². The molecular weight excluding hydrogens is 372 g/mol. The molecule has 0 saturated heterocycles. The van der Waals surface area contributed by atoms with Crippen LogP contribution in [0.3, 0.4) is 0 Å². The summed E-state index contributed by atoms with van der Waals surface area (Å²) in [6.45, 7) is 0. The van der Waals surface area contributed by atoms with Crippen LogP contribution in [0.2, 0.25) is 0 Å². The van der Waals surface area contributed by atoms with Crippen molar-refractivity contribution < 1.29 is 18.1 Å². The number of anilines is 1. The summed E-state index contributed by atoms with van der Waals surface area (Å²) < 4.78 is 31.6. The largest absolute Gasteiger partial charge is 0.333 e. The highest BCUT2D eigenvalue weighted by Crippen LogP contribution is 2.34. The Morgan fingerprint density at radius 3 is 2.63 bits per heavy atom. The lowest BCUT2D eigenvalue weighted by Crippen LogP contribution is -2.11. The molecule has 0 aliphatic heterocycles. The maximum atomic E-state index is 13.4. The fourth-order valence-corrected chi connectivity index (χ4v) is 3.20. The Morgan fingerprint density at radius 2 is 1.85 bits per heavy atom. The predicted octanol–water partition coefficient (Wildman–Crippen LogP) is 5.00. The molecule has 4 rings (SSSR count). The number of hydrogen-bond acceptors (Lipinski definition) is 5. The minimum Gasteiger partial charge on any atom is -0.333 e. The third-order valence-corrected chi connectivity index (χ3v) is 4.63. The maximum absolute atomic E-state index is 13.4. The number of halogens is 2. The minimum absolute atomic E-state index is 0.207. The van der Waals surface area contributed by atoms with E-state index in [1.807, 2.05) is 0 Å². The number of thiophene rings is 1. The average molecular weight is 383 g/mol. The van der Waals surface area contributed by atoms with Gasteiger partial charge in [0.15, 0.2) is 0 Å². The van der Waals surface area contributed by atoms with Crippen LogP contribution in [0.15, 0.2) is 64.5 Å². The van der Waals surface area contributed by atoms with Crippen molar-refractivity contribution in [1.82, 2.24) is 10.1 Å². The molecule has 0 saturated carbocycles. The highest BCUT2D eigenvalue weighted by atomic mass is 32.1. The van der Waals surface area contributed by atoms with Gasteiger partial charge in [-0.3, -0.25) is 4.79 Å². The Hall–Kier alpha value is -3.39. The molecule has 0 aliphatic carbocycles. The zero-order chi connectivity index (χ0) is 18.8. The molecule has 0 radical (unpaired) electrons. The minimum atomic E-state index is -0.418. The molecule has 5 nitrogen and oxygen atoms in total. The molecule has 1 amide bonds. The standard InChI is InChI=1S/C19H11F2N3O2S/c20-13-6-4-11(5-7-13)18(25)22-15-8-9-27-16(15)19-23-17(24-26-19)12-2-1-3-14(21)10-12/h1-10H,(H,22,25). The molecule has 0 aliphatic rings. The number of carbonyl (C=O) groups is 1. The number of rotatable bonds is 4. The van der Waals surface area contributed by atoms with Gasteiger partial charge in [-0.25, -0.2) is 8.78 Å². The Labute approximate surface area is 156 Å². The van der Waals surface area contributed by atoms with Crippen molar-refractivity contribution in [2.24, 2.45) is 0 Å². The summed E-state index contributed by atoms with van der Waals surface area (Å²) in [6.07, 6.45) is 0. The Bertz CT molecular complexity index is 1110. The summed E-state index contributed by atoms with van der Waals surface area (Å²) >= 11 is 1.31. The van der Waals surface area contributed by atoms with Crippen molar-refractivity contribution in [2.75, 3.05) is 5.32 Å². The lowest BCUT2D eigenvalue weighted by molar-refractivity contribution is 0.102. The normalized spacial score (nSPS) is 10.7. The highest BCUT2D eigenvalue weighted by molar-refractivity contribution is 7.14. The van der Waals surface area contributed by atoms with Crippen molar-refractivity contribution in [3.63, 3.8) is 0 Å². The van der Waals surface area contributed by atoms with E-state index in [4.69, 9.17) is 4.52 Å². The fourth-order valence-electron chi connectivity index (χ4n) is 2.43. The molecule has 0 spiro atoms. The molecule has 1 N–H and O–H groups in total. The number of aromatic nitrogens is 2. The van der Waals surface area contributed by atoms with Gasteiger partial charge in [-0.1, -0.05) is 17.3 Å². The van der Waals surface area contributed by atoms with E-state index >= 15 is 0 Å². The van der Waals surface area contributed by atoms with Crippen LogP contribution >= 0.6 is 11.3 Å². The summed E-state index contributed by atoms with van der Waals surface area (Å²) in [5, 5.41) is 8.38. The number of nitrogens with zero attached hydrogens (tertiary/aromatic N) is 2. The second-order valence-corrected chi connectivity index (χ2v) is 6.47. The van der Waals surface area contributed by atoms with E-state index in [1.54, 1.807) is 23.6 Å². The van der Waals surface area contributed by atoms with E-state index < -0.39 is 11.6 Å². The molecule has 0 fully saturated rings. The van der Waals surface area contributed by atoms with Gasteiger partial charge in [-0.05, 0) is 47.8 Å². The number of benzene rings is 2. The maximum Gasteiger partial charge on any atom is 0.270 e. The van der Waals surface area contributed by atoms with Crippen LogP contribution in [-0.4, -0.2) is 16.0 Å². The number of nitrogens with one attached hydrogen (secondary N) is 1. The Kier molecular flexibility index (Phi) is 4.47. The van der Waals surface area contributed by atoms with Gasteiger partial charge in [0.1, 0.15) is 16.5 Å². The zero-order valence-corrected chi connectivity index (χ0v) is 14.5. The molecule has 0 unspecified atom stereocenters. The van der Waals surface area contributed by atoms with Crippen molar-refractivity contribution in [1.29, 1.82) is 0 Å². The monoisotopic (exact) mass is 383 g/mol. The smallest absolute Gasteiger partial charge is 0.270 e. The summed E-state index contributed by atoms with van der Waals surface area (Å²) in [7, 11) is 0. The molecule has 0 bridgehead atoms. The Balaban J connectivity index is 1.59. The van der Waals surface area contributed by atoms with Crippen LogP contribution < -0.4 is 5.32 Å². The molecule has 134 valence electrons. The fraction of sp³-hybridized carbons (Fsp3) is 0. The second kappa shape index (κ2) is 7.08. The molecule has 4 aromatic rings. The van der Waals surface area contributed by atoms with Crippen LogP contribution in [0.5, 0.6) is 0 Å².